The summed E-state index contributed by atoms with van der Waals surface area (Å²) in [4.78, 5) is 26.6. The Morgan fingerprint density at radius 3 is 2.04 bits per heavy atom. The van der Waals surface area contributed by atoms with E-state index in [-0.39, 0.29) is 29.9 Å². The van der Waals surface area contributed by atoms with Gasteiger partial charge in [0.1, 0.15) is 5.78 Å². The average molecular weight is 353 g/mol. The molecule has 1 heterocycles. The summed E-state index contributed by atoms with van der Waals surface area (Å²) in [6, 6.07) is 27.6. The largest absolute Gasteiger partial charge is 0.325 e. The van der Waals surface area contributed by atoms with Crippen LogP contribution in [0.5, 0.6) is 0 Å². The molecule has 1 saturated carbocycles. The maximum Gasteiger partial charge on any atom is 0.236 e. The zero-order valence-corrected chi connectivity index (χ0v) is 14.8. The number of ketones is 1. The molecule has 1 amide bonds. The molecule has 132 valence electrons. The molecule has 3 aromatic carbocycles. The van der Waals surface area contributed by atoms with E-state index in [4.69, 9.17) is 0 Å². The summed E-state index contributed by atoms with van der Waals surface area (Å²) in [5.41, 5.74) is 2.92. The number of para-hydroxylation sites is 1. The number of hydrogen-bond donors (Lipinski definition) is 1. The normalized spacial score (nSPS) is 26.2. The van der Waals surface area contributed by atoms with Crippen molar-refractivity contribution < 1.29 is 9.59 Å². The number of amides is 1. The first kappa shape index (κ1) is 16.0. The van der Waals surface area contributed by atoms with Gasteiger partial charge < -0.3 is 5.32 Å². The third kappa shape index (κ3) is 2.21. The van der Waals surface area contributed by atoms with Gasteiger partial charge >= 0.3 is 0 Å². The van der Waals surface area contributed by atoms with Crippen LogP contribution in [0.3, 0.4) is 0 Å². The Morgan fingerprint density at radius 2 is 1.33 bits per heavy atom. The van der Waals surface area contributed by atoms with Crippen molar-refractivity contribution in [2.75, 3.05) is 5.32 Å². The summed E-state index contributed by atoms with van der Waals surface area (Å²) in [5.74, 6) is -0.492. The lowest BCUT2D eigenvalue weighted by Crippen LogP contribution is -2.38. The first-order valence-electron chi connectivity index (χ1n) is 9.25. The highest BCUT2D eigenvalue weighted by atomic mass is 16.2. The van der Waals surface area contributed by atoms with E-state index in [0.29, 0.717) is 0 Å². The molecule has 3 heteroatoms. The molecule has 1 spiro atoms. The second-order valence-electron chi connectivity index (χ2n) is 7.39. The van der Waals surface area contributed by atoms with Crippen LogP contribution in [-0.4, -0.2) is 11.7 Å². The lowest BCUT2D eigenvalue weighted by atomic mass is 9.67. The van der Waals surface area contributed by atoms with Gasteiger partial charge in [0.05, 0.1) is 11.3 Å². The third-order valence-corrected chi connectivity index (χ3v) is 6.04. The van der Waals surface area contributed by atoms with E-state index in [1.54, 1.807) is 0 Å². The second-order valence-corrected chi connectivity index (χ2v) is 7.39. The van der Waals surface area contributed by atoms with Crippen molar-refractivity contribution >= 4 is 17.4 Å². The predicted octanol–water partition coefficient (Wildman–Crippen LogP) is 4.42. The van der Waals surface area contributed by atoms with Gasteiger partial charge in [-0.15, -0.1) is 0 Å². The molecular formula is C24H19NO2. The Labute approximate surface area is 158 Å². The van der Waals surface area contributed by atoms with Crippen molar-refractivity contribution in [2.24, 2.45) is 0 Å². The van der Waals surface area contributed by atoms with Crippen LogP contribution in [0.25, 0.3) is 0 Å². The van der Waals surface area contributed by atoms with Crippen molar-refractivity contribution in [2.45, 2.75) is 23.7 Å². The van der Waals surface area contributed by atoms with Gasteiger partial charge in [-0.05, 0) is 22.8 Å². The standard InChI is InChI=1S/C24H19NO2/c26-20-15-24(18-13-7-8-14-19(18)25-23(24)27)22(17-11-5-2-6-12-17)21(20)16-9-3-1-4-10-16/h1-14,21-22H,15H2,(H,25,27)/t21-,22+,24-/m1/s1. The van der Waals surface area contributed by atoms with Crippen LogP contribution in [0, 0.1) is 0 Å². The number of rotatable bonds is 2. The highest BCUT2D eigenvalue weighted by molar-refractivity contribution is 6.12. The van der Waals surface area contributed by atoms with Gasteiger partial charge in [0, 0.05) is 18.0 Å². The zero-order chi connectivity index (χ0) is 18.4. The first-order valence-corrected chi connectivity index (χ1v) is 9.25. The molecule has 27 heavy (non-hydrogen) atoms. The van der Waals surface area contributed by atoms with Gasteiger partial charge in [0.15, 0.2) is 0 Å². The Kier molecular flexibility index (Phi) is 3.51. The number of Topliss-reactive ketones (excluding diaryl/α,β-unsaturated/α-hetero) is 1. The van der Waals surface area contributed by atoms with Crippen molar-refractivity contribution in [3.8, 4) is 0 Å². The summed E-state index contributed by atoms with van der Waals surface area (Å²) in [6.45, 7) is 0. The second kappa shape index (κ2) is 5.92. The fourth-order valence-electron chi connectivity index (χ4n) is 4.96. The topological polar surface area (TPSA) is 46.2 Å². The fraction of sp³-hybridized carbons (Fsp3) is 0.167. The molecule has 3 nitrogen and oxygen atoms in total. The lowest BCUT2D eigenvalue weighted by molar-refractivity contribution is -0.123. The average Bonchev–Trinajstić information content (AvgIpc) is 3.18. The molecule has 1 aliphatic carbocycles. The maximum absolute atomic E-state index is 13.3. The molecule has 2 aliphatic rings. The fourth-order valence-corrected chi connectivity index (χ4v) is 4.96. The molecule has 0 unspecified atom stereocenters. The number of benzene rings is 3. The van der Waals surface area contributed by atoms with Gasteiger partial charge in [-0.3, -0.25) is 9.59 Å². The minimum atomic E-state index is -0.852. The van der Waals surface area contributed by atoms with Crippen molar-refractivity contribution in [1.29, 1.82) is 0 Å². The van der Waals surface area contributed by atoms with Gasteiger partial charge in [0.25, 0.3) is 0 Å². The summed E-state index contributed by atoms with van der Waals surface area (Å²) >= 11 is 0. The Hall–Kier alpha value is -3.20. The van der Waals surface area contributed by atoms with Crippen molar-refractivity contribution in [3.63, 3.8) is 0 Å². The molecule has 1 aliphatic heterocycles. The van der Waals surface area contributed by atoms with Crippen molar-refractivity contribution in [3.05, 3.63) is 102 Å². The summed E-state index contributed by atoms with van der Waals surface area (Å²) in [7, 11) is 0. The molecule has 3 atom stereocenters. The highest BCUT2D eigenvalue weighted by Crippen LogP contribution is 2.59. The molecule has 3 aromatic rings. The number of nitrogens with one attached hydrogen (secondary N) is 1. The number of carbonyl (C=O) groups is 2. The maximum atomic E-state index is 13.3. The minimum absolute atomic E-state index is 0.0654. The van der Waals surface area contributed by atoms with Crippen LogP contribution in [0.2, 0.25) is 0 Å². The Bertz CT molecular complexity index is 1030. The van der Waals surface area contributed by atoms with Gasteiger partial charge in [-0.1, -0.05) is 78.9 Å². The molecule has 1 N–H and O–H groups in total. The van der Waals surface area contributed by atoms with E-state index in [0.717, 1.165) is 22.4 Å². The molecule has 5 rings (SSSR count). The highest BCUT2D eigenvalue weighted by Gasteiger charge is 2.62. The van der Waals surface area contributed by atoms with E-state index in [9.17, 15) is 9.59 Å². The van der Waals surface area contributed by atoms with E-state index in [1.165, 1.54) is 0 Å². The number of fused-ring (bicyclic) bond motifs is 2. The lowest BCUT2D eigenvalue weighted by Gasteiger charge is -2.32. The molecule has 0 radical (unpaired) electrons. The van der Waals surface area contributed by atoms with Crippen LogP contribution in [0.4, 0.5) is 5.69 Å². The van der Waals surface area contributed by atoms with E-state index in [1.807, 2.05) is 84.9 Å². The number of anilines is 1. The first-order chi connectivity index (χ1) is 13.2. The zero-order valence-electron chi connectivity index (χ0n) is 14.8. The number of hydrogen-bond acceptors (Lipinski definition) is 2. The Balaban J connectivity index is 1.77. The molecule has 0 bridgehead atoms. The monoisotopic (exact) mass is 353 g/mol. The van der Waals surface area contributed by atoms with Crippen LogP contribution in [0.15, 0.2) is 84.9 Å². The summed E-state index contributed by atoms with van der Waals surface area (Å²) in [6.07, 6.45) is 0.231. The number of carbonyl (C=O) groups excluding carboxylic acids is 2. The van der Waals surface area contributed by atoms with Gasteiger partial charge in [-0.2, -0.15) is 0 Å². The van der Waals surface area contributed by atoms with Crippen LogP contribution in [-0.2, 0) is 15.0 Å². The van der Waals surface area contributed by atoms with E-state index in [2.05, 4.69) is 5.32 Å². The Morgan fingerprint density at radius 1 is 0.741 bits per heavy atom. The summed E-state index contributed by atoms with van der Waals surface area (Å²) in [5, 5.41) is 3.03. The van der Waals surface area contributed by atoms with Gasteiger partial charge in [-0.25, -0.2) is 0 Å². The van der Waals surface area contributed by atoms with Gasteiger partial charge in [0.2, 0.25) is 5.91 Å². The van der Waals surface area contributed by atoms with E-state index < -0.39 is 5.41 Å². The third-order valence-electron chi connectivity index (χ3n) is 6.04. The minimum Gasteiger partial charge on any atom is -0.325 e. The molecule has 1 fully saturated rings. The predicted molar refractivity (Wildman–Crippen MR) is 105 cm³/mol. The summed E-state index contributed by atoms with van der Waals surface area (Å²) < 4.78 is 0. The quantitative estimate of drug-likeness (QED) is 0.741. The smallest absolute Gasteiger partial charge is 0.236 e. The van der Waals surface area contributed by atoms with Crippen LogP contribution < -0.4 is 5.32 Å². The van der Waals surface area contributed by atoms with Crippen LogP contribution in [0.1, 0.15) is 34.9 Å². The van der Waals surface area contributed by atoms with Crippen LogP contribution >= 0.6 is 0 Å². The van der Waals surface area contributed by atoms with E-state index >= 15 is 0 Å². The SMILES string of the molecule is O=C1C[C@]2(C(=O)Nc3ccccc32)[C@@H](c2ccccc2)[C@@H]1c1ccccc1. The molecular weight excluding hydrogens is 334 g/mol. The molecule has 0 aromatic heterocycles. The molecule has 0 saturated heterocycles. The van der Waals surface area contributed by atoms with Crippen molar-refractivity contribution in [1.82, 2.24) is 0 Å².